The highest BCUT2D eigenvalue weighted by molar-refractivity contribution is 6.65. The SMILES string of the molecule is NC(N)(CCCCCCCC(=O)Cl)C(=O)Cl. The average Bonchev–Trinajstić information content (AvgIpc) is 2.15. The van der Waals surface area contributed by atoms with Crippen molar-refractivity contribution in [1.29, 1.82) is 0 Å². The molecule has 0 aromatic heterocycles. The number of nitrogens with two attached hydrogens (primary N) is 2. The molecule has 0 radical (unpaired) electrons. The summed E-state index contributed by atoms with van der Waals surface area (Å²) in [5.74, 6) is 0. The molecule has 16 heavy (non-hydrogen) atoms. The molecule has 94 valence electrons. The molecule has 0 saturated heterocycles. The summed E-state index contributed by atoms with van der Waals surface area (Å²) in [5.41, 5.74) is 9.54. The number of unbranched alkanes of at least 4 members (excludes halogenated alkanes) is 4. The first-order valence-corrected chi connectivity index (χ1v) is 6.08. The summed E-state index contributed by atoms with van der Waals surface area (Å²) >= 11 is 10.4. The third-order valence-electron chi connectivity index (χ3n) is 2.33. The Balaban J connectivity index is 3.40. The molecule has 0 amide bonds. The van der Waals surface area contributed by atoms with Crippen LogP contribution in [0, 0.1) is 0 Å². The summed E-state index contributed by atoms with van der Waals surface area (Å²) in [6, 6.07) is 0. The largest absolute Gasteiger partial charge is 0.306 e. The number of hydrogen-bond donors (Lipinski definition) is 2. The predicted octanol–water partition coefficient (Wildman–Crippen LogP) is 1.86. The van der Waals surface area contributed by atoms with Gasteiger partial charge in [0.25, 0.3) is 5.24 Å². The third-order valence-corrected chi connectivity index (χ3v) is 2.87. The van der Waals surface area contributed by atoms with Crippen molar-refractivity contribution < 1.29 is 9.59 Å². The van der Waals surface area contributed by atoms with E-state index in [2.05, 4.69) is 0 Å². The Labute approximate surface area is 106 Å². The Bertz CT molecular complexity index is 245. The average molecular weight is 269 g/mol. The highest BCUT2D eigenvalue weighted by Gasteiger charge is 2.26. The van der Waals surface area contributed by atoms with Crippen LogP contribution in [0.5, 0.6) is 0 Å². The van der Waals surface area contributed by atoms with Crippen LogP contribution in [-0.2, 0) is 9.59 Å². The van der Waals surface area contributed by atoms with Crippen molar-refractivity contribution in [3.8, 4) is 0 Å². The summed E-state index contributed by atoms with van der Waals surface area (Å²) < 4.78 is 0. The number of carbonyl (C=O) groups is 2. The minimum Gasteiger partial charge on any atom is -0.306 e. The van der Waals surface area contributed by atoms with E-state index in [0.29, 0.717) is 12.8 Å². The van der Waals surface area contributed by atoms with Crippen molar-refractivity contribution >= 4 is 33.7 Å². The summed E-state index contributed by atoms with van der Waals surface area (Å²) in [4.78, 5) is 21.2. The highest BCUT2D eigenvalue weighted by Crippen LogP contribution is 2.13. The number of hydrogen-bond acceptors (Lipinski definition) is 4. The number of halogens is 2. The fourth-order valence-electron chi connectivity index (χ4n) is 1.31. The van der Waals surface area contributed by atoms with Gasteiger partial charge in [-0.05, 0) is 42.5 Å². The van der Waals surface area contributed by atoms with E-state index in [1.54, 1.807) is 0 Å². The van der Waals surface area contributed by atoms with Crippen molar-refractivity contribution in [2.45, 2.75) is 50.6 Å². The maximum atomic E-state index is 10.8. The van der Waals surface area contributed by atoms with Gasteiger partial charge in [0.2, 0.25) is 5.24 Å². The molecule has 4 nitrogen and oxygen atoms in total. The Morgan fingerprint density at radius 3 is 1.94 bits per heavy atom. The van der Waals surface area contributed by atoms with Gasteiger partial charge in [0.1, 0.15) is 5.66 Å². The lowest BCUT2D eigenvalue weighted by Crippen LogP contribution is -2.54. The molecular weight excluding hydrogens is 251 g/mol. The van der Waals surface area contributed by atoms with Crippen LogP contribution in [0.25, 0.3) is 0 Å². The highest BCUT2D eigenvalue weighted by atomic mass is 35.5. The Morgan fingerprint density at radius 1 is 0.938 bits per heavy atom. The molecule has 0 aromatic rings. The van der Waals surface area contributed by atoms with Gasteiger partial charge in [-0.25, -0.2) is 0 Å². The van der Waals surface area contributed by atoms with E-state index in [1.165, 1.54) is 0 Å². The van der Waals surface area contributed by atoms with Crippen LogP contribution < -0.4 is 11.5 Å². The minimum atomic E-state index is -1.41. The van der Waals surface area contributed by atoms with Crippen LogP contribution in [-0.4, -0.2) is 16.1 Å². The van der Waals surface area contributed by atoms with Gasteiger partial charge in [0.05, 0.1) is 0 Å². The van der Waals surface area contributed by atoms with E-state index in [4.69, 9.17) is 34.7 Å². The minimum absolute atomic E-state index is 0.296. The zero-order valence-corrected chi connectivity index (χ0v) is 10.7. The second-order valence-electron chi connectivity index (χ2n) is 3.94. The molecule has 0 rings (SSSR count). The Hall–Kier alpha value is -0.160. The van der Waals surface area contributed by atoms with Crippen molar-refractivity contribution in [1.82, 2.24) is 0 Å². The van der Waals surface area contributed by atoms with Gasteiger partial charge in [-0.2, -0.15) is 0 Å². The normalized spacial score (nSPS) is 11.5. The van der Waals surface area contributed by atoms with E-state index in [-0.39, 0.29) is 5.24 Å². The van der Waals surface area contributed by atoms with Gasteiger partial charge in [-0.3, -0.25) is 9.59 Å². The van der Waals surface area contributed by atoms with Crippen molar-refractivity contribution in [3.63, 3.8) is 0 Å². The molecule has 0 heterocycles. The summed E-state index contributed by atoms with van der Waals surface area (Å²) in [6.07, 6.45) is 5.17. The second kappa shape index (κ2) is 8.01. The molecule has 0 saturated carbocycles. The first-order chi connectivity index (χ1) is 7.36. The van der Waals surface area contributed by atoms with Crippen LogP contribution >= 0.6 is 23.2 Å². The quantitative estimate of drug-likeness (QED) is 0.380. The van der Waals surface area contributed by atoms with Crippen molar-refractivity contribution in [2.24, 2.45) is 11.5 Å². The molecule has 0 unspecified atom stereocenters. The maximum Gasteiger partial charge on any atom is 0.255 e. The van der Waals surface area contributed by atoms with Gasteiger partial charge >= 0.3 is 0 Å². The zero-order valence-electron chi connectivity index (χ0n) is 9.18. The maximum absolute atomic E-state index is 10.8. The first kappa shape index (κ1) is 15.8. The number of rotatable bonds is 9. The molecule has 0 aliphatic heterocycles. The molecule has 6 heteroatoms. The van der Waals surface area contributed by atoms with Crippen LogP contribution in [0.2, 0.25) is 0 Å². The summed E-state index contributed by atoms with van der Waals surface area (Å²) in [6.45, 7) is 0. The summed E-state index contributed by atoms with van der Waals surface area (Å²) in [5, 5.41) is -1.00. The van der Waals surface area contributed by atoms with Crippen molar-refractivity contribution in [2.75, 3.05) is 0 Å². The molecule has 4 N–H and O–H groups in total. The Kier molecular flexibility index (Phi) is 7.93. The Morgan fingerprint density at radius 2 is 1.44 bits per heavy atom. The fraction of sp³-hybridized carbons (Fsp3) is 0.800. The topological polar surface area (TPSA) is 86.2 Å². The van der Waals surface area contributed by atoms with Gasteiger partial charge in [-0.15, -0.1) is 0 Å². The van der Waals surface area contributed by atoms with Crippen molar-refractivity contribution in [3.05, 3.63) is 0 Å². The molecule has 0 bridgehead atoms. The summed E-state index contributed by atoms with van der Waals surface area (Å²) in [7, 11) is 0. The van der Waals surface area contributed by atoms with E-state index >= 15 is 0 Å². The molecule has 0 fully saturated rings. The molecule has 0 atom stereocenters. The number of carbonyl (C=O) groups excluding carboxylic acids is 2. The van der Waals surface area contributed by atoms with Crippen LogP contribution in [0.4, 0.5) is 0 Å². The zero-order chi connectivity index (χ0) is 12.6. The lowest BCUT2D eigenvalue weighted by atomic mass is 10.0. The van der Waals surface area contributed by atoms with E-state index in [1.807, 2.05) is 0 Å². The van der Waals surface area contributed by atoms with Gasteiger partial charge in [0.15, 0.2) is 0 Å². The molecule has 0 aliphatic carbocycles. The fourth-order valence-corrected chi connectivity index (χ4v) is 1.54. The van der Waals surface area contributed by atoms with E-state index in [9.17, 15) is 9.59 Å². The van der Waals surface area contributed by atoms with Crippen LogP contribution in [0.3, 0.4) is 0 Å². The monoisotopic (exact) mass is 268 g/mol. The van der Waals surface area contributed by atoms with Gasteiger partial charge in [0, 0.05) is 6.42 Å². The van der Waals surface area contributed by atoms with Gasteiger partial charge < -0.3 is 11.5 Å². The molecular formula is C10H18Cl2N2O2. The van der Waals surface area contributed by atoms with Crippen LogP contribution in [0.15, 0.2) is 0 Å². The molecule has 0 aliphatic rings. The van der Waals surface area contributed by atoms with Crippen LogP contribution in [0.1, 0.15) is 44.9 Å². The molecule has 0 spiro atoms. The second-order valence-corrected chi connectivity index (χ2v) is 4.70. The first-order valence-electron chi connectivity index (χ1n) is 5.32. The molecule has 0 aromatic carbocycles. The smallest absolute Gasteiger partial charge is 0.255 e. The predicted molar refractivity (Wildman–Crippen MR) is 65.1 cm³/mol. The third kappa shape index (κ3) is 8.05. The standard InChI is InChI=1S/C10H18Cl2N2O2/c11-8(15)6-4-2-1-3-5-7-10(13,14)9(12)16/h1-7,13-14H2. The van der Waals surface area contributed by atoms with Gasteiger partial charge in [-0.1, -0.05) is 19.3 Å². The lowest BCUT2D eigenvalue weighted by Gasteiger charge is -2.18. The lowest BCUT2D eigenvalue weighted by molar-refractivity contribution is -0.116. The van der Waals surface area contributed by atoms with E-state index in [0.717, 1.165) is 32.1 Å². The van der Waals surface area contributed by atoms with E-state index < -0.39 is 10.9 Å².